The summed E-state index contributed by atoms with van der Waals surface area (Å²) < 4.78 is 29.9. The SMILES string of the molecule is CC1CCC(Nc2c(C(N)=O)cnn3cc(-c4ccc(F)nc4)cc23)C1(C)F. The largest absolute Gasteiger partial charge is 0.377 e. The Morgan fingerprint density at radius 3 is 2.71 bits per heavy atom. The predicted octanol–water partition coefficient (Wildman–Crippen LogP) is 3.57. The molecular formula is C20H21F2N5O. The van der Waals surface area contributed by atoms with Gasteiger partial charge in [-0.05, 0) is 43.9 Å². The number of anilines is 1. The van der Waals surface area contributed by atoms with Crippen molar-refractivity contribution in [2.75, 3.05) is 5.32 Å². The summed E-state index contributed by atoms with van der Waals surface area (Å²) in [5, 5.41) is 7.46. The zero-order chi connectivity index (χ0) is 20.1. The first kappa shape index (κ1) is 18.3. The molecule has 1 amide bonds. The third-order valence-corrected chi connectivity index (χ3v) is 5.82. The van der Waals surface area contributed by atoms with Crippen molar-refractivity contribution < 1.29 is 13.6 Å². The minimum absolute atomic E-state index is 0.0903. The van der Waals surface area contributed by atoms with Gasteiger partial charge in [0.15, 0.2) is 0 Å². The van der Waals surface area contributed by atoms with Crippen LogP contribution in [0.4, 0.5) is 14.5 Å². The molecule has 0 spiro atoms. The molecule has 1 aliphatic carbocycles. The first-order valence-electron chi connectivity index (χ1n) is 9.16. The molecule has 1 saturated carbocycles. The molecule has 4 rings (SSSR count). The molecule has 1 fully saturated rings. The van der Waals surface area contributed by atoms with E-state index < -0.39 is 23.6 Å². The lowest BCUT2D eigenvalue weighted by Crippen LogP contribution is -2.40. The Labute approximate surface area is 160 Å². The number of aromatic nitrogens is 3. The van der Waals surface area contributed by atoms with E-state index in [2.05, 4.69) is 15.4 Å². The number of carbonyl (C=O) groups is 1. The predicted molar refractivity (Wildman–Crippen MR) is 102 cm³/mol. The molecule has 3 heterocycles. The van der Waals surface area contributed by atoms with Crippen LogP contribution in [0.3, 0.4) is 0 Å². The molecule has 3 unspecified atom stereocenters. The number of nitrogens with zero attached hydrogens (tertiary/aromatic N) is 3. The van der Waals surface area contributed by atoms with E-state index in [0.29, 0.717) is 23.2 Å². The average molecular weight is 385 g/mol. The molecule has 0 bridgehead atoms. The Balaban J connectivity index is 1.82. The quantitative estimate of drug-likeness (QED) is 0.673. The molecule has 146 valence electrons. The van der Waals surface area contributed by atoms with Crippen LogP contribution in [0.5, 0.6) is 0 Å². The summed E-state index contributed by atoms with van der Waals surface area (Å²) in [6.45, 7) is 3.47. The van der Waals surface area contributed by atoms with Crippen LogP contribution < -0.4 is 11.1 Å². The topological polar surface area (TPSA) is 85.3 Å². The molecule has 0 aromatic carbocycles. The van der Waals surface area contributed by atoms with Gasteiger partial charge in [-0.2, -0.15) is 9.49 Å². The third-order valence-electron chi connectivity index (χ3n) is 5.82. The molecule has 0 saturated heterocycles. The Morgan fingerprint density at radius 2 is 2.11 bits per heavy atom. The van der Waals surface area contributed by atoms with Crippen molar-refractivity contribution in [3.05, 3.63) is 48.3 Å². The van der Waals surface area contributed by atoms with Crippen LogP contribution in [0.15, 0.2) is 36.8 Å². The van der Waals surface area contributed by atoms with Crippen LogP contribution in [0, 0.1) is 11.9 Å². The van der Waals surface area contributed by atoms with Crippen LogP contribution in [0.2, 0.25) is 0 Å². The smallest absolute Gasteiger partial charge is 0.252 e. The number of primary amides is 1. The summed E-state index contributed by atoms with van der Waals surface area (Å²) in [5.41, 5.74) is 6.80. The fraction of sp³-hybridized carbons (Fsp3) is 0.350. The monoisotopic (exact) mass is 385 g/mol. The first-order chi connectivity index (χ1) is 13.3. The molecule has 0 aliphatic heterocycles. The fourth-order valence-corrected chi connectivity index (χ4v) is 3.81. The zero-order valence-corrected chi connectivity index (χ0v) is 15.6. The van der Waals surface area contributed by atoms with Crippen LogP contribution in [-0.4, -0.2) is 32.2 Å². The minimum Gasteiger partial charge on any atom is -0.377 e. The number of fused-ring (bicyclic) bond motifs is 1. The molecule has 3 N–H and O–H groups in total. The van der Waals surface area contributed by atoms with E-state index in [-0.39, 0.29) is 11.5 Å². The Kier molecular flexibility index (Phi) is 4.28. The van der Waals surface area contributed by atoms with Gasteiger partial charge in [-0.3, -0.25) is 4.79 Å². The van der Waals surface area contributed by atoms with Gasteiger partial charge in [-0.25, -0.2) is 13.9 Å². The summed E-state index contributed by atoms with van der Waals surface area (Å²) in [4.78, 5) is 15.6. The van der Waals surface area contributed by atoms with Crippen LogP contribution in [-0.2, 0) is 0 Å². The van der Waals surface area contributed by atoms with E-state index in [1.165, 1.54) is 18.5 Å². The number of amides is 1. The molecule has 8 heteroatoms. The summed E-state index contributed by atoms with van der Waals surface area (Å²) in [7, 11) is 0. The fourth-order valence-electron chi connectivity index (χ4n) is 3.81. The number of nitrogens with one attached hydrogen (secondary N) is 1. The number of alkyl halides is 1. The second kappa shape index (κ2) is 6.54. The molecule has 0 radical (unpaired) electrons. The lowest BCUT2D eigenvalue weighted by molar-refractivity contribution is 0.0999. The molecule has 6 nitrogen and oxygen atoms in total. The minimum atomic E-state index is -1.41. The number of carbonyl (C=O) groups excluding carboxylic acids is 1. The van der Waals surface area contributed by atoms with E-state index >= 15 is 4.39 Å². The summed E-state index contributed by atoms with van der Waals surface area (Å²) >= 11 is 0. The number of nitrogens with two attached hydrogens (primary N) is 1. The average Bonchev–Trinajstić information content (AvgIpc) is 3.19. The maximum atomic E-state index is 15.2. The standard InChI is InChI=1S/C20H21F2N5O/c1-11-3-5-16(20(11,2)22)26-18-14(19(23)28)9-25-27-10-13(7-15(18)27)12-4-6-17(21)24-8-12/h4,6-11,16,26H,3,5H2,1-2H3,(H2,23,28). The Hall–Kier alpha value is -3.03. The first-order valence-corrected chi connectivity index (χ1v) is 9.16. The van der Waals surface area contributed by atoms with Gasteiger partial charge in [0.05, 0.1) is 29.0 Å². The van der Waals surface area contributed by atoms with Crippen LogP contribution >= 0.6 is 0 Å². The van der Waals surface area contributed by atoms with E-state index in [9.17, 15) is 9.18 Å². The number of rotatable bonds is 4. The van der Waals surface area contributed by atoms with Crippen molar-refractivity contribution >= 4 is 17.1 Å². The van der Waals surface area contributed by atoms with Gasteiger partial charge in [0, 0.05) is 23.5 Å². The maximum Gasteiger partial charge on any atom is 0.252 e. The van der Waals surface area contributed by atoms with Crippen molar-refractivity contribution in [3.8, 4) is 11.1 Å². The summed E-state index contributed by atoms with van der Waals surface area (Å²) in [6, 6.07) is 4.23. The number of hydrogen-bond acceptors (Lipinski definition) is 4. The highest BCUT2D eigenvalue weighted by atomic mass is 19.1. The summed E-state index contributed by atoms with van der Waals surface area (Å²) in [6.07, 6.45) is 5.94. The highest BCUT2D eigenvalue weighted by Gasteiger charge is 2.45. The molecule has 3 aromatic heterocycles. The van der Waals surface area contributed by atoms with Gasteiger partial charge < -0.3 is 11.1 Å². The molecular weight excluding hydrogens is 364 g/mol. The van der Waals surface area contributed by atoms with Crippen molar-refractivity contribution in [1.29, 1.82) is 0 Å². The Morgan fingerprint density at radius 1 is 1.32 bits per heavy atom. The maximum absolute atomic E-state index is 15.2. The van der Waals surface area contributed by atoms with Gasteiger partial charge in [0.25, 0.3) is 5.91 Å². The molecule has 1 aliphatic rings. The van der Waals surface area contributed by atoms with Gasteiger partial charge in [-0.15, -0.1) is 0 Å². The normalized spacial score (nSPS) is 24.6. The van der Waals surface area contributed by atoms with E-state index in [1.54, 1.807) is 29.8 Å². The highest BCUT2D eigenvalue weighted by molar-refractivity contribution is 6.02. The van der Waals surface area contributed by atoms with E-state index in [0.717, 1.165) is 12.0 Å². The molecule has 3 atom stereocenters. The van der Waals surface area contributed by atoms with Crippen molar-refractivity contribution in [3.63, 3.8) is 0 Å². The van der Waals surface area contributed by atoms with Crippen molar-refractivity contribution in [2.45, 2.75) is 38.4 Å². The lowest BCUT2D eigenvalue weighted by atomic mass is 9.93. The van der Waals surface area contributed by atoms with E-state index in [4.69, 9.17) is 5.73 Å². The van der Waals surface area contributed by atoms with E-state index in [1.807, 2.05) is 6.92 Å². The van der Waals surface area contributed by atoms with Crippen molar-refractivity contribution in [2.24, 2.45) is 11.7 Å². The summed E-state index contributed by atoms with van der Waals surface area (Å²) in [5.74, 6) is -1.30. The molecule has 28 heavy (non-hydrogen) atoms. The van der Waals surface area contributed by atoms with Gasteiger partial charge in [-0.1, -0.05) is 6.92 Å². The molecule has 3 aromatic rings. The zero-order valence-electron chi connectivity index (χ0n) is 15.6. The van der Waals surface area contributed by atoms with Gasteiger partial charge in [0.2, 0.25) is 5.95 Å². The number of pyridine rings is 1. The number of hydrogen-bond donors (Lipinski definition) is 2. The van der Waals surface area contributed by atoms with Crippen molar-refractivity contribution in [1.82, 2.24) is 14.6 Å². The number of halogens is 2. The van der Waals surface area contributed by atoms with Gasteiger partial charge >= 0.3 is 0 Å². The van der Waals surface area contributed by atoms with Crippen LogP contribution in [0.1, 0.15) is 37.0 Å². The second-order valence-electron chi connectivity index (χ2n) is 7.55. The Bertz CT molecular complexity index is 1040. The van der Waals surface area contributed by atoms with Crippen LogP contribution in [0.25, 0.3) is 16.6 Å². The second-order valence-corrected chi connectivity index (χ2v) is 7.55. The van der Waals surface area contributed by atoms with Gasteiger partial charge in [0.1, 0.15) is 5.67 Å². The lowest BCUT2D eigenvalue weighted by Gasteiger charge is -2.29. The third kappa shape index (κ3) is 2.98. The highest BCUT2D eigenvalue weighted by Crippen LogP contribution is 2.41.